The highest BCUT2D eigenvalue weighted by Gasteiger charge is 2.32. The van der Waals surface area contributed by atoms with Crippen LogP contribution in [0.1, 0.15) is 31.7 Å². The standard InChI is InChI=1S/C15H13Cl2F3N4O3/c16-10-5-23-24(14(25)13(10)17)8-1-3-9(4-2-8)26-11-6-22-12(7-21-11)27-15(18,19)20/h5-9H,1-4H2/t8-,9-. The second-order valence-electron chi connectivity index (χ2n) is 5.85. The molecular weight excluding hydrogens is 412 g/mol. The first-order chi connectivity index (χ1) is 12.7. The molecular formula is C15H13Cl2F3N4O3. The van der Waals surface area contributed by atoms with E-state index in [1.54, 1.807) is 0 Å². The van der Waals surface area contributed by atoms with Gasteiger partial charge in [-0.1, -0.05) is 23.2 Å². The van der Waals surface area contributed by atoms with Gasteiger partial charge in [-0.2, -0.15) is 5.10 Å². The highest BCUT2D eigenvalue weighted by Crippen LogP contribution is 2.30. The predicted molar refractivity (Wildman–Crippen MR) is 89.2 cm³/mol. The molecule has 2 aromatic rings. The van der Waals surface area contributed by atoms with Gasteiger partial charge in [0.2, 0.25) is 11.8 Å². The van der Waals surface area contributed by atoms with Gasteiger partial charge in [0.05, 0.1) is 29.7 Å². The third-order valence-corrected chi connectivity index (χ3v) is 4.75. The lowest BCUT2D eigenvalue weighted by Crippen LogP contribution is -2.33. The second-order valence-corrected chi connectivity index (χ2v) is 6.63. The Morgan fingerprint density at radius 2 is 1.67 bits per heavy atom. The fourth-order valence-electron chi connectivity index (χ4n) is 2.80. The first-order valence-electron chi connectivity index (χ1n) is 7.90. The van der Waals surface area contributed by atoms with Crippen molar-refractivity contribution < 1.29 is 22.6 Å². The smallest absolute Gasteiger partial charge is 0.473 e. The van der Waals surface area contributed by atoms with Gasteiger partial charge >= 0.3 is 6.36 Å². The van der Waals surface area contributed by atoms with Crippen molar-refractivity contribution in [3.8, 4) is 11.8 Å². The van der Waals surface area contributed by atoms with E-state index in [1.807, 2.05) is 0 Å². The molecule has 0 unspecified atom stereocenters. The van der Waals surface area contributed by atoms with Crippen LogP contribution < -0.4 is 15.0 Å². The molecule has 0 amide bonds. The number of alkyl halides is 3. The number of hydrogen-bond donors (Lipinski definition) is 0. The number of hydrogen-bond acceptors (Lipinski definition) is 6. The van der Waals surface area contributed by atoms with E-state index in [4.69, 9.17) is 27.9 Å². The summed E-state index contributed by atoms with van der Waals surface area (Å²) in [4.78, 5) is 19.4. The average molecular weight is 425 g/mol. The molecule has 1 aliphatic rings. The van der Waals surface area contributed by atoms with E-state index < -0.39 is 17.8 Å². The van der Waals surface area contributed by atoms with Crippen LogP contribution in [0.4, 0.5) is 13.2 Å². The first kappa shape index (κ1) is 19.7. The summed E-state index contributed by atoms with van der Waals surface area (Å²) in [7, 11) is 0. The summed E-state index contributed by atoms with van der Waals surface area (Å²) in [5, 5.41) is 4.06. The van der Waals surface area contributed by atoms with E-state index >= 15 is 0 Å². The van der Waals surface area contributed by atoms with E-state index in [2.05, 4.69) is 19.8 Å². The molecule has 7 nitrogen and oxygen atoms in total. The maximum atomic E-state index is 12.1. The summed E-state index contributed by atoms with van der Waals surface area (Å²) in [6.07, 6.45) is 0.620. The van der Waals surface area contributed by atoms with Crippen molar-refractivity contribution in [2.24, 2.45) is 0 Å². The molecule has 146 valence electrons. The van der Waals surface area contributed by atoms with Gasteiger partial charge < -0.3 is 9.47 Å². The van der Waals surface area contributed by atoms with Gasteiger partial charge in [0.1, 0.15) is 11.1 Å². The summed E-state index contributed by atoms with van der Waals surface area (Å²) in [5.74, 6) is -0.568. The van der Waals surface area contributed by atoms with Gasteiger partial charge in [0, 0.05) is 0 Å². The molecule has 0 N–H and O–H groups in total. The Labute approximate surface area is 161 Å². The normalized spacial score (nSPS) is 20.3. The van der Waals surface area contributed by atoms with Gasteiger partial charge in [0.25, 0.3) is 5.56 Å². The molecule has 12 heteroatoms. The lowest BCUT2D eigenvalue weighted by Gasteiger charge is -2.29. The molecule has 0 radical (unpaired) electrons. The highest BCUT2D eigenvalue weighted by atomic mass is 35.5. The van der Waals surface area contributed by atoms with E-state index in [0.717, 1.165) is 12.4 Å². The van der Waals surface area contributed by atoms with Crippen molar-refractivity contribution >= 4 is 23.2 Å². The minimum absolute atomic E-state index is 0.0681. The molecule has 3 rings (SSSR count). The van der Waals surface area contributed by atoms with Crippen LogP contribution in [0, 0.1) is 0 Å². The SMILES string of the molecule is O=c1c(Cl)c(Cl)cnn1[C@H]1CC[C@H](Oc2cnc(OC(F)(F)F)cn2)CC1. The van der Waals surface area contributed by atoms with Gasteiger partial charge in [0.15, 0.2) is 0 Å². The molecule has 1 fully saturated rings. The van der Waals surface area contributed by atoms with Crippen LogP contribution in [0.2, 0.25) is 10.0 Å². The Morgan fingerprint density at radius 3 is 2.26 bits per heavy atom. The number of halogens is 5. The van der Waals surface area contributed by atoms with Crippen LogP contribution in [0.3, 0.4) is 0 Å². The lowest BCUT2D eigenvalue weighted by atomic mass is 9.93. The van der Waals surface area contributed by atoms with Crippen molar-refractivity contribution in [3.63, 3.8) is 0 Å². The molecule has 27 heavy (non-hydrogen) atoms. The third kappa shape index (κ3) is 5.01. The third-order valence-electron chi connectivity index (χ3n) is 4.00. The summed E-state index contributed by atoms with van der Waals surface area (Å²) in [5.41, 5.74) is -0.445. The number of nitrogens with zero attached hydrogens (tertiary/aromatic N) is 4. The molecule has 1 saturated carbocycles. The van der Waals surface area contributed by atoms with Gasteiger partial charge in [-0.05, 0) is 25.7 Å². The summed E-state index contributed by atoms with van der Waals surface area (Å²) < 4.78 is 46.9. The fourth-order valence-corrected chi connectivity index (χ4v) is 3.06. The van der Waals surface area contributed by atoms with Crippen LogP contribution in [0.15, 0.2) is 23.4 Å². The maximum absolute atomic E-state index is 12.1. The van der Waals surface area contributed by atoms with E-state index in [1.165, 1.54) is 10.9 Å². The fraction of sp³-hybridized carbons (Fsp3) is 0.467. The van der Waals surface area contributed by atoms with Crippen LogP contribution in [0.5, 0.6) is 11.8 Å². The molecule has 0 atom stereocenters. The van der Waals surface area contributed by atoms with Crippen LogP contribution >= 0.6 is 23.2 Å². The monoisotopic (exact) mass is 424 g/mol. The molecule has 0 aliphatic heterocycles. The molecule has 1 aliphatic carbocycles. The van der Waals surface area contributed by atoms with E-state index in [-0.39, 0.29) is 28.1 Å². The molecule has 0 bridgehead atoms. The van der Waals surface area contributed by atoms with Gasteiger partial charge in [-0.3, -0.25) is 4.79 Å². The summed E-state index contributed by atoms with van der Waals surface area (Å²) in [6.45, 7) is 0. The average Bonchev–Trinajstić information content (AvgIpc) is 2.61. The van der Waals surface area contributed by atoms with Crippen molar-refractivity contribution in [2.45, 2.75) is 44.2 Å². The van der Waals surface area contributed by atoms with Crippen molar-refractivity contribution in [1.82, 2.24) is 19.7 Å². The first-order valence-corrected chi connectivity index (χ1v) is 8.66. The topological polar surface area (TPSA) is 79.1 Å². The van der Waals surface area contributed by atoms with Gasteiger partial charge in [-0.25, -0.2) is 14.6 Å². The number of aromatic nitrogens is 4. The Kier molecular flexibility index (Phi) is 5.75. The molecule has 0 saturated heterocycles. The van der Waals surface area contributed by atoms with Crippen LogP contribution in [-0.2, 0) is 0 Å². The summed E-state index contributed by atoms with van der Waals surface area (Å²) in [6, 6.07) is -0.138. The van der Waals surface area contributed by atoms with Crippen molar-refractivity contribution in [2.75, 3.05) is 0 Å². The lowest BCUT2D eigenvalue weighted by molar-refractivity contribution is -0.276. The number of ether oxygens (including phenoxy) is 2. The molecule has 2 heterocycles. The van der Waals surface area contributed by atoms with Crippen LogP contribution in [-0.4, -0.2) is 32.2 Å². The largest absolute Gasteiger partial charge is 0.574 e. The molecule has 0 aromatic carbocycles. The summed E-state index contributed by atoms with van der Waals surface area (Å²) >= 11 is 11.6. The maximum Gasteiger partial charge on any atom is 0.574 e. The molecule has 0 spiro atoms. The Morgan fingerprint density at radius 1 is 1.04 bits per heavy atom. The number of rotatable bonds is 4. The zero-order valence-corrected chi connectivity index (χ0v) is 15.1. The molecule has 2 aromatic heterocycles. The minimum Gasteiger partial charge on any atom is -0.473 e. The van der Waals surface area contributed by atoms with Crippen molar-refractivity contribution in [3.05, 3.63) is 39.0 Å². The Bertz CT molecular complexity index is 853. The Balaban J connectivity index is 1.57. The zero-order valence-electron chi connectivity index (χ0n) is 13.6. The predicted octanol–water partition coefficient (Wildman–Crippen LogP) is 3.80. The second kappa shape index (κ2) is 7.89. The van der Waals surface area contributed by atoms with Crippen molar-refractivity contribution in [1.29, 1.82) is 0 Å². The highest BCUT2D eigenvalue weighted by molar-refractivity contribution is 6.41. The zero-order chi connectivity index (χ0) is 19.6. The van der Waals surface area contributed by atoms with Gasteiger partial charge in [-0.15, -0.1) is 13.2 Å². The van der Waals surface area contributed by atoms with E-state index in [9.17, 15) is 18.0 Å². The van der Waals surface area contributed by atoms with Crippen LogP contribution in [0.25, 0.3) is 0 Å². The quantitative estimate of drug-likeness (QED) is 0.742. The minimum atomic E-state index is -4.83. The van der Waals surface area contributed by atoms with E-state index in [0.29, 0.717) is 25.7 Å². The Hall–Kier alpha value is -2.07.